The van der Waals surface area contributed by atoms with Gasteiger partial charge < -0.3 is 11.1 Å². The van der Waals surface area contributed by atoms with Crippen LogP contribution in [0.15, 0.2) is 29.6 Å². The lowest BCUT2D eigenvalue weighted by Gasteiger charge is -2.15. The summed E-state index contributed by atoms with van der Waals surface area (Å²) >= 11 is 1.61. The molecule has 0 saturated carbocycles. The van der Waals surface area contributed by atoms with E-state index < -0.39 is 6.04 Å². The summed E-state index contributed by atoms with van der Waals surface area (Å²) in [7, 11) is 0. The topological polar surface area (TPSA) is 68.0 Å². The summed E-state index contributed by atoms with van der Waals surface area (Å²) in [6, 6.07) is 7.16. The number of nitrogens with one attached hydrogen (secondary N) is 1. The van der Waals surface area contributed by atoms with Crippen molar-refractivity contribution in [3.05, 3.63) is 35.3 Å². The van der Waals surface area contributed by atoms with Crippen molar-refractivity contribution in [2.75, 3.05) is 5.32 Å². The van der Waals surface area contributed by atoms with Gasteiger partial charge in [-0.25, -0.2) is 4.98 Å². The molecule has 0 bridgehead atoms. The van der Waals surface area contributed by atoms with Crippen molar-refractivity contribution in [3.8, 4) is 10.6 Å². The Labute approximate surface area is 123 Å². The fraction of sp³-hybridized carbons (Fsp3) is 0.333. The molecule has 0 aliphatic heterocycles. The number of carbonyl (C=O) groups is 1. The zero-order chi connectivity index (χ0) is 14.7. The van der Waals surface area contributed by atoms with Gasteiger partial charge in [0.05, 0.1) is 6.04 Å². The van der Waals surface area contributed by atoms with Gasteiger partial charge in [0, 0.05) is 22.3 Å². The SMILES string of the molecule is Cc1csc(-c2ccc(NC(=O)[C@@H](N)C(C)C)cc2)n1. The molecule has 3 N–H and O–H groups in total. The van der Waals surface area contributed by atoms with Gasteiger partial charge in [-0.3, -0.25) is 4.79 Å². The monoisotopic (exact) mass is 289 g/mol. The third-order valence-electron chi connectivity index (χ3n) is 3.04. The Morgan fingerprint density at radius 3 is 2.45 bits per heavy atom. The van der Waals surface area contributed by atoms with Gasteiger partial charge in [0.1, 0.15) is 5.01 Å². The molecule has 2 aromatic rings. The summed E-state index contributed by atoms with van der Waals surface area (Å²) in [4.78, 5) is 16.3. The predicted octanol–water partition coefficient (Wildman–Crippen LogP) is 3.04. The number of thiazole rings is 1. The number of nitrogens with zero attached hydrogens (tertiary/aromatic N) is 1. The maximum Gasteiger partial charge on any atom is 0.241 e. The van der Waals surface area contributed by atoms with Crippen molar-refractivity contribution in [2.45, 2.75) is 26.8 Å². The van der Waals surface area contributed by atoms with Crippen LogP contribution in [-0.4, -0.2) is 16.9 Å². The number of aromatic nitrogens is 1. The number of anilines is 1. The van der Waals surface area contributed by atoms with Gasteiger partial charge in [0.2, 0.25) is 5.91 Å². The number of amides is 1. The highest BCUT2D eigenvalue weighted by atomic mass is 32.1. The van der Waals surface area contributed by atoms with Crippen molar-refractivity contribution < 1.29 is 4.79 Å². The Morgan fingerprint density at radius 2 is 1.95 bits per heavy atom. The van der Waals surface area contributed by atoms with Gasteiger partial charge >= 0.3 is 0 Å². The van der Waals surface area contributed by atoms with E-state index in [2.05, 4.69) is 10.3 Å². The second-order valence-corrected chi connectivity index (χ2v) is 5.99. The minimum absolute atomic E-state index is 0.118. The van der Waals surface area contributed by atoms with Crippen LogP contribution in [0, 0.1) is 12.8 Å². The van der Waals surface area contributed by atoms with Crippen LogP contribution in [0.25, 0.3) is 10.6 Å². The molecule has 1 aromatic carbocycles. The normalized spacial score (nSPS) is 12.4. The molecule has 4 nitrogen and oxygen atoms in total. The first-order valence-corrected chi connectivity index (χ1v) is 7.44. The van der Waals surface area contributed by atoms with Crippen LogP contribution in [0.4, 0.5) is 5.69 Å². The van der Waals surface area contributed by atoms with E-state index in [1.54, 1.807) is 11.3 Å². The molecular formula is C15H19N3OS. The molecule has 0 aliphatic carbocycles. The minimum atomic E-state index is -0.490. The molecule has 1 atom stereocenters. The summed E-state index contributed by atoms with van der Waals surface area (Å²) in [5.74, 6) is -0.0367. The molecule has 5 heteroatoms. The lowest BCUT2D eigenvalue weighted by atomic mass is 10.0. The Morgan fingerprint density at radius 1 is 1.30 bits per heavy atom. The molecule has 0 fully saturated rings. The van der Waals surface area contributed by atoms with E-state index in [0.29, 0.717) is 0 Å². The Balaban J connectivity index is 2.07. The zero-order valence-electron chi connectivity index (χ0n) is 11.9. The molecule has 1 aromatic heterocycles. The summed E-state index contributed by atoms with van der Waals surface area (Å²) in [5, 5.41) is 5.83. The first kappa shape index (κ1) is 14.7. The Kier molecular flexibility index (Phi) is 4.52. The molecule has 2 rings (SSSR count). The lowest BCUT2D eigenvalue weighted by molar-refractivity contribution is -0.118. The largest absolute Gasteiger partial charge is 0.325 e. The standard InChI is InChI=1S/C15H19N3OS/c1-9(2)13(16)14(19)18-12-6-4-11(5-7-12)15-17-10(3)8-20-15/h4-9,13H,16H2,1-3H3,(H,18,19)/t13-/m0/s1. The maximum atomic E-state index is 11.9. The minimum Gasteiger partial charge on any atom is -0.325 e. The summed E-state index contributed by atoms with van der Waals surface area (Å²) < 4.78 is 0. The van der Waals surface area contributed by atoms with Crippen molar-refractivity contribution in [1.29, 1.82) is 0 Å². The van der Waals surface area contributed by atoms with E-state index in [0.717, 1.165) is 22.0 Å². The van der Waals surface area contributed by atoms with Crippen LogP contribution in [0.1, 0.15) is 19.5 Å². The number of benzene rings is 1. The highest BCUT2D eigenvalue weighted by molar-refractivity contribution is 7.13. The molecule has 0 saturated heterocycles. The fourth-order valence-electron chi connectivity index (χ4n) is 1.71. The average molecular weight is 289 g/mol. The highest BCUT2D eigenvalue weighted by Crippen LogP contribution is 2.24. The van der Waals surface area contributed by atoms with Crippen molar-refractivity contribution in [3.63, 3.8) is 0 Å². The smallest absolute Gasteiger partial charge is 0.241 e. The van der Waals surface area contributed by atoms with Crippen LogP contribution >= 0.6 is 11.3 Å². The van der Waals surface area contributed by atoms with Gasteiger partial charge in [-0.1, -0.05) is 13.8 Å². The second-order valence-electron chi connectivity index (χ2n) is 5.13. The van der Waals surface area contributed by atoms with Crippen LogP contribution in [0.5, 0.6) is 0 Å². The van der Waals surface area contributed by atoms with E-state index in [9.17, 15) is 4.79 Å². The van der Waals surface area contributed by atoms with Gasteiger partial charge in [0.15, 0.2) is 0 Å². The second kappa shape index (κ2) is 6.15. The van der Waals surface area contributed by atoms with E-state index in [1.165, 1.54) is 0 Å². The van der Waals surface area contributed by atoms with Crippen LogP contribution in [0.2, 0.25) is 0 Å². The third kappa shape index (κ3) is 3.43. The zero-order valence-corrected chi connectivity index (χ0v) is 12.7. The molecule has 20 heavy (non-hydrogen) atoms. The molecule has 1 amide bonds. The maximum absolute atomic E-state index is 11.9. The van der Waals surface area contributed by atoms with Gasteiger partial charge in [0.25, 0.3) is 0 Å². The molecule has 0 unspecified atom stereocenters. The lowest BCUT2D eigenvalue weighted by Crippen LogP contribution is -2.39. The van der Waals surface area contributed by atoms with Crippen LogP contribution in [-0.2, 0) is 4.79 Å². The summed E-state index contributed by atoms with van der Waals surface area (Å²) in [6.07, 6.45) is 0. The molecule has 0 aliphatic rings. The van der Waals surface area contributed by atoms with E-state index in [4.69, 9.17) is 5.73 Å². The summed E-state index contributed by atoms with van der Waals surface area (Å²) in [6.45, 7) is 5.83. The number of hydrogen-bond acceptors (Lipinski definition) is 4. The Bertz CT molecular complexity index is 589. The van der Waals surface area contributed by atoms with Crippen molar-refractivity contribution in [1.82, 2.24) is 4.98 Å². The number of rotatable bonds is 4. The van der Waals surface area contributed by atoms with E-state index in [1.807, 2.05) is 50.4 Å². The molecule has 106 valence electrons. The van der Waals surface area contributed by atoms with Crippen LogP contribution in [0.3, 0.4) is 0 Å². The quantitative estimate of drug-likeness (QED) is 0.909. The number of aryl methyl sites for hydroxylation is 1. The fourth-order valence-corrected chi connectivity index (χ4v) is 2.51. The first-order valence-electron chi connectivity index (χ1n) is 6.56. The van der Waals surface area contributed by atoms with Gasteiger partial charge in [-0.05, 0) is 37.1 Å². The van der Waals surface area contributed by atoms with Crippen molar-refractivity contribution >= 4 is 22.9 Å². The van der Waals surface area contributed by atoms with E-state index >= 15 is 0 Å². The molecular weight excluding hydrogens is 270 g/mol. The van der Waals surface area contributed by atoms with Crippen molar-refractivity contribution in [2.24, 2.45) is 11.7 Å². The first-order chi connectivity index (χ1) is 9.47. The Hall–Kier alpha value is -1.72. The molecule has 0 spiro atoms. The summed E-state index contributed by atoms with van der Waals surface area (Å²) in [5.41, 5.74) is 8.63. The van der Waals surface area contributed by atoms with E-state index in [-0.39, 0.29) is 11.8 Å². The van der Waals surface area contributed by atoms with Gasteiger partial charge in [-0.2, -0.15) is 0 Å². The van der Waals surface area contributed by atoms with Crippen LogP contribution < -0.4 is 11.1 Å². The number of hydrogen-bond donors (Lipinski definition) is 2. The third-order valence-corrected chi connectivity index (χ3v) is 4.05. The predicted molar refractivity (Wildman–Crippen MR) is 83.7 cm³/mol. The van der Waals surface area contributed by atoms with Gasteiger partial charge in [-0.15, -0.1) is 11.3 Å². The number of carbonyl (C=O) groups excluding carboxylic acids is 1. The average Bonchev–Trinajstić information content (AvgIpc) is 2.85. The molecule has 0 radical (unpaired) electrons. The highest BCUT2D eigenvalue weighted by Gasteiger charge is 2.17. The molecule has 1 heterocycles. The number of nitrogens with two attached hydrogens (primary N) is 1.